The highest BCUT2D eigenvalue weighted by atomic mass is 32.1. The van der Waals surface area contributed by atoms with Crippen molar-refractivity contribution < 1.29 is 23.6 Å². The Bertz CT molecular complexity index is 1520. The number of carbonyl (C=O) groups is 2. The maximum atomic E-state index is 13.1. The van der Waals surface area contributed by atoms with Gasteiger partial charge in [-0.3, -0.25) is 0 Å². The lowest BCUT2D eigenvalue weighted by molar-refractivity contribution is -0.181. The number of halogens is 1. The number of carbonyl (C=O) groups excluding carboxylic acids is 2. The van der Waals surface area contributed by atoms with Gasteiger partial charge >= 0.3 is 12.0 Å². The van der Waals surface area contributed by atoms with Crippen LogP contribution in [0.15, 0.2) is 72.8 Å². The SMILES string of the molecule is COc1ccc2cc([C@@H](C)C(=O)ON(C(N)=O)[C@H](C)C#Cc3ccc(Cc4ccc(F)cc4)s3)ccc2c1. The maximum Gasteiger partial charge on any atom is 0.349 e. The first kappa shape index (κ1) is 26.7. The molecule has 0 aliphatic carbocycles. The minimum absolute atomic E-state index is 0.270. The normalized spacial score (nSPS) is 12.2. The quantitative estimate of drug-likeness (QED) is 0.244. The van der Waals surface area contributed by atoms with Gasteiger partial charge in [0.15, 0.2) is 0 Å². The Morgan fingerprint density at radius 2 is 1.71 bits per heavy atom. The zero-order chi connectivity index (χ0) is 27.2. The Balaban J connectivity index is 1.42. The molecule has 4 aromatic rings. The van der Waals surface area contributed by atoms with Crippen molar-refractivity contribution in [1.82, 2.24) is 5.06 Å². The lowest BCUT2D eigenvalue weighted by Gasteiger charge is -2.23. The lowest BCUT2D eigenvalue weighted by Crippen LogP contribution is -2.43. The predicted molar refractivity (Wildman–Crippen MR) is 146 cm³/mol. The molecule has 2 amide bonds. The molecule has 1 aromatic heterocycles. The average Bonchev–Trinajstić information content (AvgIpc) is 3.37. The molecule has 4 rings (SSSR count). The summed E-state index contributed by atoms with van der Waals surface area (Å²) >= 11 is 1.50. The van der Waals surface area contributed by atoms with Crippen LogP contribution < -0.4 is 10.5 Å². The first-order valence-corrected chi connectivity index (χ1v) is 12.8. The Morgan fingerprint density at radius 1 is 1.00 bits per heavy atom. The monoisotopic (exact) mass is 530 g/mol. The number of amides is 2. The van der Waals surface area contributed by atoms with Crippen LogP contribution in [-0.2, 0) is 16.1 Å². The molecule has 0 aliphatic heterocycles. The van der Waals surface area contributed by atoms with Crippen LogP contribution in [0, 0.1) is 17.7 Å². The molecule has 8 heteroatoms. The minimum Gasteiger partial charge on any atom is -0.497 e. The highest BCUT2D eigenvalue weighted by Gasteiger charge is 2.26. The van der Waals surface area contributed by atoms with E-state index in [1.165, 1.54) is 23.5 Å². The summed E-state index contributed by atoms with van der Waals surface area (Å²) in [6, 6.07) is 19.8. The molecule has 2 N–H and O–H groups in total. The summed E-state index contributed by atoms with van der Waals surface area (Å²) in [5.41, 5.74) is 7.23. The minimum atomic E-state index is -0.916. The van der Waals surface area contributed by atoms with Crippen molar-refractivity contribution in [3.8, 4) is 17.6 Å². The number of urea groups is 1. The molecule has 0 radical (unpaired) electrons. The van der Waals surface area contributed by atoms with Gasteiger partial charge in [0.25, 0.3) is 0 Å². The fraction of sp³-hybridized carbons (Fsp3) is 0.200. The molecule has 0 bridgehead atoms. The van der Waals surface area contributed by atoms with E-state index in [1.54, 1.807) is 33.1 Å². The fourth-order valence-corrected chi connectivity index (χ4v) is 4.75. The van der Waals surface area contributed by atoms with E-state index in [4.69, 9.17) is 15.3 Å². The predicted octanol–water partition coefficient (Wildman–Crippen LogP) is 6.02. The third-order valence-corrected chi connectivity index (χ3v) is 7.04. The first-order chi connectivity index (χ1) is 18.2. The van der Waals surface area contributed by atoms with E-state index in [0.29, 0.717) is 6.42 Å². The molecule has 3 aromatic carbocycles. The molecule has 0 spiro atoms. The number of nitrogens with zero attached hydrogens (tertiary/aromatic N) is 1. The zero-order valence-electron chi connectivity index (χ0n) is 21.2. The highest BCUT2D eigenvalue weighted by Crippen LogP contribution is 2.26. The largest absolute Gasteiger partial charge is 0.497 e. The van der Waals surface area contributed by atoms with Crippen LogP contribution in [-0.4, -0.2) is 30.2 Å². The fourth-order valence-electron chi connectivity index (χ4n) is 3.84. The number of rotatable bonds is 6. The lowest BCUT2D eigenvalue weighted by atomic mass is 9.98. The van der Waals surface area contributed by atoms with Crippen molar-refractivity contribution in [2.24, 2.45) is 5.73 Å². The molecule has 0 aliphatic rings. The molecule has 0 fully saturated rings. The number of thiophene rings is 1. The zero-order valence-corrected chi connectivity index (χ0v) is 22.1. The molecule has 1 heterocycles. The summed E-state index contributed by atoms with van der Waals surface area (Å²) in [4.78, 5) is 32.2. The van der Waals surface area contributed by atoms with E-state index in [2.05, 4.69) is 11.8 Å². The van der Waals surface area contributed by atoms with Crippen molar-refractivity contribution in [2.75, 3.05) is 7.11 Å². The summed E-state index contributed by atoms with van der Waals surface area (Å²) in [6.07, 6.45) is 0.660. The van der Waals surface area contributed by atoms with Crippen LogP contribution in [0.1, 0.15) is 40.6 Å². The summed E-state index contributed by atoms with van der Waals surface area (Å²) in [6.45, 7) is 3.34. The number of hydroxylamine groups is 2. The molecule has 38 heavy (non-hydrogen) atoms. The number of hydrogen-bond acceptors (Lipinski definition) is 5. The molecule has 0 saturated heterocycles. The summed E-state index contributed by atoms with van der Waals surface area (Å²) < 4.78 is 18.4. The molecule has 2 atom stereocenters. The molecule has 0 unspecified atom stereocenters. The Morgan fingerprint density at radius 3 is 2.42 bits per heavy atom. The Kier molecular flexibility index (Phi) is 8.29. The van der Waals surface area contributed by atoms with Gasteiger partial charge in [-0.15, -0.1) is 16.4 Å². The number of nitrogens with two attached hydrogens (primary N) is 1. The molecule has 194 valence electrons. The number of benzene rings is 3. The molecule has 0 saturated carbocycles. The number of hydrogen-bond donors (Lipinski definition) is 1. The standard InChI is InChI=1S/C30H27FN2O4S/c1-19(4-13-27-14-15-28(38-27)16-21-5-10-25(31)11-6-21)33(30(32)35)37-29(34)20(2)22-7-8-24-18-26(36-3)12-9-23(24)17-22/h5-12,14-15,17-20H,16H2,1-3H3,(H2,32,35)/t19-,20-/m1/s1. The van der Waals surface area contributed by atoms with Crippen molar-refractivity contribution >= 4 is 34.1 Å². The van der Waals surface area contributed by atoms with Crippen molar-refractivity contribution in [3.05, 3.63) is 99.5 Å². The number of fused-ring (bicyclic) bond motifs is 1. The van der Waals surface area contributed by atoms with Gasteiger partial charge in [0.1, 0.15) is 17.6 Å². The number of primary amides is 1. The topological polar surface area (TPSA) is 81.9 Å². The van der Waals surface area contributed by atoms with Gasteiger partial charge in [-0.25, -0.2) is 14.0 Å². The van der Waals surface area contributed by atoms with Crippen LogP contribution >= 0.6 is 11.3 Å². The summed E-state index contributed by atoms with van der Waals surface area (Å²) in [5, 5.41) is 2.72. The maximum absolute atomic E-state index is 13.1. The van der Waals surface area contributed by atoms with E-state index in [0.717, 1.165) is 42.5 Å². The summed E-state index contributed by atoms with van der Waals surface area (Å²) in [5.74, 6) is 5.16. The second-order valence-electron chi connectivity index (χ2n) is 8.78. The third kappa shape index (κ3) is 6.50. The Labute approximate surface area is 224 Å². The summed E-state index contributed by atoms with van der Waals surface area (Å²) in [7, 11) is 1.61. The van der Waals surface area contributed by atoms with Crippen LogP contribution in [0.4, 0.5) is 9.18 Å². The Hall–Kier alpha value is -4.35. The van der Waals surface area contributed by atoms with Gasteiger partial charge in [0.05, 0.1) is 17.9 Å². The molecular formula is C30H27FN2O4S. The third-order valence-electron chi connectivity index (χ3n) is 6.04. The van der Waals surface area contributed by atoms with Crippen molar-refractivity contribution in [1.29, 1.82) is 0 Å². The van der Waals surface area contributed by atoms with E-state index in [9.17, 15) is 14.0 Å². The smallest absolute Gasteiger partial charge is 0.349 e. The molecule has 6 nitrogen and oxygen atoms in total. The van der Waals surface area contributed by atoms with Crippen LogP contribution in [0.2, 0.25) is 0 Å². The van der Waals surface area contributed by atoms with E-state index >= 15 is 0 Å². The van der Waals surface area contributed by atoms with Gasteiger partial charge in [-0.05, 0) is 72.1 Å². The first-order valence-electron chi connectivity index (χ1n) is 12.0. The molecular weight excluding hydrogens is 503 g/mol. The van der Waals surface area contributed by atoms with Crippen LogP contribution in [0.3, 0.4) is 0 Å². The average molecular weight is 531 g/mol. The van der Waals surface area contributed by atoms with E-state index in [1.807, 2.05) is 48.5 Å². The van der Waals surface area contributed by atoms with Crippen molar-refractivity contribution in [2.45, 2.75) is 32.2 Å². The van der Waals surface area contributed by atoms with Gasteiger partial charge < -0.3 is 15.3 Å². The van der Waals surface area contributed by atoms with Gasteiger partial charge in [0, 0.05) is 11.3 Å². The second kappa shape index (κ2) is 11.8. The number of ether oxygens (including phenoxy) is 1. The van der Waals surface area contributed by atoms with Gasteiger partial charge in [0.2, 0.25) is 0 Å². The number of methoxy groups -OCH3 is 1. The van der Waals surface area contributed by atoms with E-state index in [-0.39, 0.29) is 5.82 Å². The second-order valence-corrected chi connectivity index (χ2v) is 9.95. The van der Waals surface area contributed by atoms with Crippen LogP contribution in [0.25, 0.3) is 10.8 Å². The highest BCUT2D eigenvalue weighted by molar-refractivity contribution is 7.12. The van der Waals surface area contributed by atoms with Gasteiger partial charge in [-0.2, -0.15) is 0 Å². The van der Waals surface area contributed by atoms with Crippen LogP contribution in [0.5, 0.6) is 5.75 Å². The van der Waals surface area contributed by atoms with Gasteiger partial charge in [-0.1, -0.05) is 48.2 Å². The van der Waals surface area contributed by atoms with E-state index < -0.39 is 24.0 Å². The van der Waals surface area contributed by atoms with Crippen molar-refractivity contribution in [3.63, 3.8) is 0 Å².